The molecule has 4 rings (SSSR count). The van der Waals surface area contributed by atoms with Gasteiger partial charge in [-0.1, -0.05) is 36.7 Å². The summed E-state index contributed by atoms with van der Waals surface area (Å²) in [6, 6.07) is 11.9. The Balaban J connectivity index is 2.03. The van der Waals surface area contributed by atoms with Gasteiger partial charge in [-0.05, 0) is 18.6 Å². The Hall–Kier alpha value is -3.19. The molecular formula is C18H14ClN5O2. The lowest BCUT2D eigenvalue weighted by atomic mass is 10.00. The van der Waals surface area contributed by atoms with Gasteiger partial charge in [-0.15, -0.1) is 0 Å². The molecule has 0 saturated carbocycles. The number of nitrogens with one attached hydrogen (secondary N) is 2. The van der Waals surface area contributed by atoms with Crippen LogP contribution in [0.1, 0.15) is 23.7 Å². The second-order valence-electron chi connectivity index (χ2n) is 5.81. The fourth-order valence-corrected chi connectivity index (χ4v) is 3.16. The highest BCUT2D eigenvalue weighted by Gasteiger charge is 2.24. The first-order chi connectivity index (χ1) is 12.6. The number of H-pyrrole nitrogens is 1. The number of nitro groups is 1. The molecule has 0 aliphatic carbocycles. The Morgan fingerprint density at radius 1 is 1.19 bits per heavy atom. The quantitative estimate of drug-likeness (QED) is 0.403. The number of hydrogen-bond acceptors (Lipinski definition) is 5. The van der Waals surface area contributed by atoms with Gasteiger partial charge >= 0.3 is 0 Å². The number of benzene rings is 2. The van der Waals surface area contributed by atoms with E-state index in [1.54, 1.807) is 12.1 Å². The zero-order valence-electron chi connectivity index (χ0n) is 13.8. The molecule has 0 amide bonds. The van der Waals surface area contributed by atoms with Crippen LogP contribution in [-0.4, -0.2) is 20.8 Å². The maximum Gasteiger partial charge on any atom is 0.270 e. The minimum absolute atomic E-state index is 0.0119. The number of anilines is 2. The largest absolute Gasteiger partial charge is 0.336 e. The third-order valence-corrected chi connectivity index (χ3v) is 4.57. The zero-order valence-corrected chi connectivity index (χ0v) is 14.5. The van der Waals surface area contributed by atoms with Gasteiger partial charge < -0.3 is 5.32 Å². The second kappa shape index (κ2) is 6.27. The molecule has 0 saturated heterocycles. The molecule has 0 radical (unpaired) electrons. The molecule has 8 heteroatoms. The Morgan fingerprint density at radius 3 is 2.73 bits per heavy atom. The molecule has 26 heavy (non-hydrogen) atoms. The molecule has 0 atom stereocenters. The third kappa shape index (κ3) is 2.62. The Kier molecular flexibility index (Phi) is 3.93. The standard InChI is InChI=1S/C18H14ClN5O2/c1-2-14-17-18(23-22-14)20-15-8-7-10(24(25)26)9-12(15)16(21-17)11-5-3-4-6-13(11)19/h3-9H,2H2,1H3,(H2,20,22,23). The Bertz CT molecular complexity index is 1060. The van der Waals surface area contributed by atoms with Crippen LogP contribution < -0.4 is 5.32 Å². The highest BCUT2D eigenvalue weighted by molar-refractivity contribution is 6.36. The van der Waals surface area contributed by atoms with Crippen molar-refractivity contribution in [2.75, 3.05) is 5.32 Å². The van der Waals surface area contributed by atoms with Crippen LogP contribution in [0.15, 0.2) is 47.5 Å². The molecule has 2 aromatic carbocycles. The van der Waals surface area contributed by atoms with Crippen molar-refractivity contribution in [2.24, 2.45) is 4.99 Å². The van der Waals surface area contributed by atoms with Crippen LogP contribution in [0.2, 0.25) is 5.02 Å². The smallest absolute Gasteiger partial charge is 0.270 e. The summed E-state index contributed by atoms with van der Waals surface area (Å²) in [6.45, 7) is 2.00. The van der Waals surface area contributed by atoms with Gasteiger partial charge in [-0.3, -0.25) is 15.2 Å². The van der Waals surface area contributed by atoms with E-state index in [0.29, 0.717) is 39.1 Å². The summed E-state index contributed by atoms with van der Waals surface area (Å²) < 4.78 is 0. The fourth-order valence-electron chi connectivity index (χ4n) is 2.94. The van der Waals surface area contributed by atoms with E-state index >= 15 is 0 Å². The van der Waals surface area contributed by atoms with Crippen LogP contribution in [-0.2, 0) is 6.42 Å². The summed E-state index contributed by atoms with van der Waals surface area (Å²) in [5.74, 6) is 0.582. The minimum Gasteiger partial charge on any atom is -0.336 e. The van der Waals surface area contributed by atoms with E-state index < -0.39 is 4.92 Å². The van der Waals surface area contributed by atoms with E-state index in [2.05, 4.69) is 15.5 Å². The first kappa shape index (κ1) is 16.3. The Labute approximate surface area is 153 Å². The first-order valence-electron chi connectivity index (χ1n) is 8.05. The Morgan fingerprint density at radius 2 is 2.00 bits per heavy atom. The number of aryl methyl sites for hydroxylation is 1. The maximum atomic E-state index is 11.3. The second-order valence-corrected chi connectivity index (χ2v) is 6.21. The number of nitro benzene ring substituents is 1. The normalized spacial score (nSPS) is 12.5. The summed E-state index contributed by atoms with van der Waals surface area (Å²) in [5.41, 5.74) is 4.10. The van der Waals surface area contributed by atoms with Crippen LogP contribution >= 0.6 is 11.6 Å². The first-order valence-corrected chi connectivity index (χ1v) is 8.43. The van der Waals surface area contributed by atoms with E-state index in [0.717, 1.165) is 12.1 Å². The van der Waals surface area contributed by atoms with E-state index in [-0.39, 0.29) is 5.69 Å². The number of aliphatic imine (C=N–C) groups is 1. The predicted molar refractivity (Wildman–Crippen MR) is 101 cm³/mol. The molecule has 0 spiro atoms. The lowest BCUT2D eigenvalue weighted by molar-refractivity contribution is -0.384. The molecule has 130 valence electrons. The molecule has 2 heterocycles. The van der Waals surface area contributed by atoms with Gasteiger partial charge in [-0.2, -0.15) is 5.10 Å². The van der Waals surface area contributed by atoms with Gasteiger partial charge in [0.15, 0.2) is 5.82 Å². The van der Waals surface area contributed by atoms with Gasteiger partial charge in [0, 0.05) is 34.0 Å². The molecule has 2 N–H and O–H groups in total. The van der Waals surface area contributed by atoms with Crippen LogP contribution in [0.3, 0.4) is 0 Å². The number of aromatic nitrogens is 2. The monoisotopic (exact) mass is 367 g/mol. The van der Waals surface area contributed by atoms with Gasteiger partial charge in [0.05, 0.1) is 16.3 Å². The summed E-state index contributed by atoms with van der Waals surface area (Å²) in [7, 11) is 0. The molecule has 1 aliphatic heterocycles. The number of halogens is 1. The van der Waals surface area contributed by atoms with Crippen molar-refractivity contribution >= 4 is 40.2 Å². The van der Waals surface area contributed by atoms with Crippen molar-refractivity contribution in [3.05, 3.63) is 74.4 Å². The number of aromatic amines is 1. The molecular weight excluding hydrogens is 354 g/mol. The van der Waals surface area contributed by atoms with E-state index in [9.17, 15) is 10.1 Å². The van der Waals surface area contributed by atoms with E-state index in [4.69, 9.17) is 16.6 Å². The number of rotatable bonds is 3. The average Bonchev–Trinajstić information content (AvgIpc) is 2.94. The summed E-state index contributed by atoms with van der Waals surface area (Å²) in [5, 5.41) is 22.3. The summed E-state index contributed by atoms with van der Waals surface area (Å²) in [4.78, 5) is 15.6. The van der Waals surface area contributed by atoms with Crippen molar-refractivity contribution in [3.8, 4) is 0 Å². The van der Waals surface area contributed by atoms with E-state index in [1.165, 1.54) is 12.1 Å². The number of non-ortho nitro benzene ring substituents is 1. The van der Waals surface area contributed by atoms with Gasteiger partial charge in [0.25, 0.3) is 5.69 Å². The SMILES string of the molecule is CCc1[nH]nc2c1N=C(c1ccccc1Cl)c1cc([N+](=O)[O-])ccc1N2. The van der Waals surface area contributed by atoms with E-state index in [1.807, 2.05) is 25.1 Å². The van der Waals surface area contributed by atoms with Gasteiger partial charge in [-0.25, -0.2) is 4.99 Å². The number of hydrogen-bond donors (Lipinski definition) is 2. The molecule has 3 aromatic rings. The number of nitrogens with zero attached hydrogens (tertiary/aromatic N) is 3. The van der Waals surface area contributed by atoms with Crippen molar-refractivity contribution in [3.63, 3.8) is 0 Å². The number of fused-ring (bicyclic) bond motifs is 2. The van der Waals surface area contributed by atoms with Crippen molar-refractivity contribution in [2.45, 2.75) is 13.3 Å². The highest BCUT2D eigenvalue weighted by Crippen LogP contribution is 2.38. The molecule has 7 nitrogen and oxygen atoms in total. The molecule has 0 bridgehead atoms. The van der Waals surface area contributed by atoms with Crippen LogP contribution in [0, 0.1) is 10.1 Å². The highest BCUT2D eigenvalue weighted by atomic mass is 35.5. The average molecular weight is 368 g/mol. The van der Waals surface area contributed by atoms with Gasteiger partial charge in [0.1, 0.15) is 5.69 Å². The predicted octanol–water partition coefficient (Wildman–Crippen LogP) is 4.76. The molecule has 1 aromatic heterocycles. The van der Waals surface area contributed by atoms with Crippen LogP contribution in [0.25, 0.3) is 0 Å². The zero-order chi connectivity index (χ0) is 18.3. The topological polar surface area (TPSA) is 96.2 Å². The molecule has 0 fully saturated rings. The molecule has 1 aliphatic rings. The minimum atomic E-state index is -0.425. The fraction of sp³-hybridized carbons (Fsp3) is 0.111. The lowest BCUT2D eigenvalue weighted by Gasteiger charge is -2.11. The summed E-state index contributed by atoms with van der Waals surface area (Å²) >= 11 is 6.40. The lowest BCUT2D eigenvalue weighted by Crippen LogP contribution is -2.07. The van der Waals surface area contributed by atoms with Crippen LogP contribution in [0.5, 0.6) is 0 Å². The maximum absolute atomic E-state index is 11.3. The molecule has 0 unspecified atom stereocenters. The van der Waals surface area contributed by atoms with Gasteiger partial charge in [0.2, 0.25) is 0 Å². The van der Waals surface area contributed by atoms with Crippen molar-refractivity contribution < 1.29 is 4.92 Å². The van der Waals surface area contributed by atoms with Crippen molar-refractivity contribution in [1.82, 2.24) is 10.2 Å². The van der Waals surface area contributed by atoms with Crippen molar-refractivity contribution in [1.29, 1.82) is 0 Å². The van der Waals surface area contributed by atoms with Crippen LogP contribution in [0.4, 0.5) is 22.9 Å². The summed E-state index contributed by atoms with van der Waals surface area (Å²) in [6.07, 6.45) is 0.722. The third-order valence-electron chi connectivity index (χ3n) is 4.24.